The Morgan fingerprint density at radius 3 is 2.17 bits per heavy atom. The summed E-state index contributed by atoms with van der Waals surface area (Å²) in [6, 6.07) is 3.40. The minimum absolute atomic E-state index is 0.172. The molecular formula is C14H19NO3. The Kier molecular flexibility index (Phi) is 4.77. The van der Waals surface area contributed by atoms with E-state index in [2.05, 4.69) is 11.9 Å². The maximum atomic E-state index is 11.9. The number of ether oxygens (including phenoxy) is 2. The average molecular weight is 249 g/mol. The maximum absolute atomic E-state index is 11.9. The summed E-state index contributed by atoms with van der Waals surface area (Å²) in [7, 11) is 3.13. The molecule has 0 aliphatic heterocycles. The highest BCUT2D eigenvalue weighted by Crippen LogP contribution is 2.29. The van der Waals surface area contributed by atoms with Gasteiger partial charge in [0, 0.05) is 17.7 Å². The van der Waals surface area contributed by atoms with Gasteiger partial charge in [0.25, 0.3) is 5.91 Å². The summed E-state index contributed by atoms with van der Waals surface area (Å²) >= 11 is 0. The molecule has 0 saturated heterocycles. The number of nitrogens with one attached hydrogen (secondary N) is 1. The second-order valence-electron chi connectivity index (χ2n) is 4.15. The Balaban J connectivity index is 3.02. The van der Waals surface area contributed by atoms with Gasteiger partial charge < -0.3 is 14.8 Å². The van der Waals surface area contributed by atoms with Gasteiger partial charge in [-0.3, -0.25) is 4.79 Å². The molecule has 0 bridgehead atoms. The van der Waals surface area contributed by atoms with E-state index in [1.165, 1.54) is 0 Å². The van der Waals surface area contributed by atoms with Crippen LogP contribution in [0.5, 0.6) is 11.5 Å². The van der Waals surface area contributed by atoms with Gasteiger partial charge in [0.15, 0.2) is 0 Å². The van der Waals surface area contributed by atoms with Gasteiger partial charge in [0.05, 0.1) is 14.2 Å². The Bertz CT molecular complexity index is 441. The molecule has 0 unspecified atom stereocenters. The Hall–Kier alpha value is -1.97. The van der Waals surface area contributed by atoms with Crippen molar-refractivity contribution in [1.82, 2.24) is 5.32 Å². The first kappa shape index (κ1) is 14.1. The molecule has 1 N–H and O–H groups in total. The molecule has 1 rings (SSSR count). The standard InChI is InChI=1S/C14H19NO3/c1-9(2)8-15-14(16)11-6-12(17-4)10(3)13(7-11)18-5/h6-7H,1,8H2,2-5H3,(H,15,16). The number of carbonyl (C=O) groups excluding carboxylic acids is 1. The molecule has 4 nitrogen and oxygen atoms in total. The molecule has 0 saturated carbocycles. The van der Waals surface area contributed by atoms with Crippen molar-refractivity contribution in [1.29, 1.82) is 0 Å². The van der Waals surface area contributed by atoms with Crippen molar-refractivity contribution >= 4 is 5.91 Å². The van der Waals surface area contributed by atoms with Crippen LogP contribution in [0.15, 0.2) is 24.3 Å². The second kappa shape index (κ2) is 6.10. The minimum Gasteiger partial charge on any atom is -0.496 e. The van der Waals surface area contributed by atoms with E-state index in [1.54, 1.807) is 26.4 Å². The van der Waals surface area contributed by atoms with E-state index < -0.39 is 0 Å². The molecule has 0 spiro atoms. The maximum Gasteiger partial charge on any atom is 0.251 e. The predicted octanol–water partition coefficient (Wildman–Crippen LogP) is 2.32. The van der Waals surface area contributed by atoms with E-state index in [0.29, 0.717) is 23.6 Å². The molecule has 1 aromatic carbocycles. The van der Waals surface area contributed by atoms with Crippen molar-refractivity contribution in [3.05, 3.63) is 35.4 Å². The van der Waals surface area contributed by atoms with Crippen molar-refractivity contribution in [2.75, 3.05) is 20.8 Å². The second-order valence-corrected chi connectivity index (χ2v) is 4.15. The van der Waals surface area contributed by atoms with E-state index in [1.807, 2.05) is 13.8 Å². The van der Waals surface area contributed by atoms with Crippen LogP contribution in [-0.4, -0.2) is 26.7 Å². The van der Waals surface area contributed by atoms with Crippen LogP contribution in [0.2, 0.25) is 0 Å². The first-order chi connectivity index (χ1) is 8.49. The number of methoxy groups -OCH3 is 2. The lowest BCUT2D eigenvalue weighted by Gasteiger charge is -2.12. The summed E-state index contributed by atoms with van der Waals surface area (Å²) in [5.74, 6) is 1.10. The zero-order chi connectivity index (χ0) is 13.7. The summed E-state index contributed by atoms with van der Waals surface area (Å²) in [5, 5.41) is 2.77. The van der Waals surface area contributed by atoms with Crippen LogP contribution in [0.3, 0.4) is 0 Å². The molecule has 1 aromatic rings. The van der Waals surface area contributed by atoms with Gasteiger partial charge >= 0.3 is 0 Å². The van der Waals surface area contributed by atoms with Crippen molar-refractivity contribution in [3.63, 3.8) is 0 Å². The number of benzene rings is 1. The number of rotatable bonds is 5. The third-order valence-electron chi connectivity index (χ3n) is 2.57. The number of hydrogen-bond donors (Lipinski definition) is 1. The van der Waals surface area contributed by atoms with E-state index in [9.17, 15) is 4.79 Å². The summed E-state index contributed by atoms with van der Waals surface area (Å²) in [6.45, 7) is 7.93. The quantitative estimate of drug-likeness (QED) is 0.815. The molecule has 4 heteroatoms. The summed E-state index contributed by atoms with van der Waals surface area (Å²) in [4.78, 5) is 11.9. The molecule has 98 valence electrons. The summed E-state index contributed by atoms with van der Waals surface area (Å²) in [6.07, 6.45) is 0. The van der Waals surface area contributed by atoms with Crippen molar-refractivity contribution in [3.8, 4) is 11.5 Å². The first-order valence-corrected chi connectivity index (χ1v) is 5.64. The lowest BCUT2D eigenvalue weighted by Crippen LogP contribution is -2.25. The summed E-state index contributed by atoms with van der Waals surface area (Å²) in [5.41, 5.74) is 2.28. The molecule has 0 aromatic heterocycles. The zero-order valence-corrected chi connectivity index (χ0v) is 11.3. The lowest BCUT2D eigenvalue weighted by atomic mass is 10.1. The number of hydrogen-bond acceptors (Lipinski definition) is 3. The number of carbonyl (C=O) groups is 1. The zero-order valence-electron chi connectivity index (χ0n) is 11.3. The normalized spacial score (nSPS) is 9.78. The smallest absolute Gasteiger partial charge is 0.251 e. The molecule has 18 heavy (non-hydrogen) atoms. The van der Waals surface area contributed by atoms with Crippen LogP contribution in [0.4, 0.5) is 0 Å². The van der Waals surface area contributed by atoms with Gasteiger partial charge in [-0.1, -0.05) is 12.2 Å². The molecule has 0 fully saturated rings. The molecule has 0 aliphatic carbocycles. The van der Waals surface area contributed by atoms with E-state index >= 15 is 0 Å². The van der Waals surface area contributed by atoms with Crippen molar-refractivity contribution < 1.29 is 14.3 Å². The van der Waals surface area contributed by atoms with Crippen LogP contribution >= 0.6 is 0 Å². The fraction of sp³-hybridized carbons (Fsp3) is 0.357. The van der Waals surface area contributed by atoms with Gasteiger partial charge in [-0.15, -0.1) is 0 Å². The largest absolute Gasteiger partial charge is 0.496 e. The van der Waals surface area contributed by atoms with Gasteiger partial charge in [0.2, 0.25) is 0 Å². The third kappa shape index (κ3) is 3.26. The molecule has 0 heterocycles. The van der Waals surface area contributed by atoms with Crippen LogP contribution in [-0.2, 0) is 0 Å². The van der Waals surface area contributed by atoms with Crippen molar-refractivity contribution in [2.45, 2.75) is 13.8 Å². The van der Waals surface area contributed by atoms with Crippen molar-refractivity contribution in [2.24, 2.45) is 0 Å². The monoisotopic (exact) mass is 249 g/mol. The third-order valence-corrected chi connectivity index (χ3v) is 2.57. The van der Waals surface area contributed by atoms with Crippen LogP contribution < -0.4 is 14.8 Å². The van der Waals surface area contributed by atoms with Crippen LogP contribution in [0.1, 0.15) is 22.8 Å². The van der Waals surface area contributed by atoms with Gasteiger partial charge in [0.1, 0.15) is 11.5 Å². The Morgan fingerprint density at radius 2 is 1.78 bits per heavy atom. The van der Waals surface area contributed by atoms with Gasteiger partial charge in [-0.05, 0) is 26.0 Å². The van der Waals surface area contributed by atoms with Gasteiger partial charge in [-0.25, -0.2) is 0 Å². The van der Waals surface area contributed by atoms with Crippen LogP contribution in [0, 0.1) is 6.92 Å². The molecule has 1 amide bonds. The van der Waals surface area contributed by atoms with E-state index in [0.717, 1.165) is 11.1 Å². The highest BCUT2D eigenvalue weighted by molar-refractivity contribution is 5.95. The number of amides is 1. The minimum atomic E-state index is -0.172. The Labute approximate surface area is 108 Å². The van der Waals surface area contributed by atoms with E-state index in [-0.39, 0.29) is 5.91 Å². The fourth-order valence-electron chi connectivity index (χ4n) is 1.55. The average Bonchev–Trinajstić information content (AvgIpc) is 2.36. The van der Waals surface area contributed by atoms with E-state index in [4.69, 9.17) is 9.47 Å². The highest BCUT2D eigenvalue weighted by atomic mass is 16.5. The predicted molar refractivity (Wildman–Crippen MR) is 71.4 cm³/mol. The topological polar surface area (TPSA) is 47.6 Å². The molecule has 0 aliphatic rings. The van der Waals surface area contributed by atoms with Crippen LogP contribution in [0.25, 0.3) is 0 Å². The fourth-order valence-corrected chi connectivity index (χ4v) is 1.55. The molecule has 0 radical (unpaired) electrons. The highest BCUT2D eigenvalue weighted by Gasteiger charge is 2.13. The molecular weight excluding hydrogens is 230 g/mol. The lowest BCUT2D eigenvalue weighted by molar-refractivity contribution is 0.0956. The first-order valence-electron chi connectivity index (χ1n) is 5.64. The SMILES string of the molecule is C=C(C)CNC(=O)c1cc(OC)c(C)c(OC)c1. The molecule has 0 atom stereocenters. The Morgan fingerprint density at radius 1 is 1.28 bits per heavy atom. The summed E-state index contributed by atoms with van der Waals surface area (Å²) < 4.78 is 10.5. The van der Waals surface area contributed by atoms with Gasteiger partial charge in [-0.2, -0.15) is 0 Å².